The molecule has 2 amide bonds. The van der Waals surface area contributed by atoms with Gasteiger partial charge in [0.2, 0.25) is 11.8 Å². The molecule has 0 spiro atoms. The Labute approximate surface area is 172 Å². The molecule has 1 saturated carbocycles. The average Bonchev–Trinajstić information content (AvgIpc) is 2.74. The summed E-state index contributed by atoms with van der Waals surface area (Å²) in [6.07, 6.45) is 3.76. The molecule has 2 N–H and O–H groups in total. The van der Waals surface area contributed by atoms with Gasteiger partial charge in [-0.15, -0.1) is 0 Å². The molecule has 1 aliphatic carbocycles. The number of amides is 2. The quantitative estimate of drug-likeness (QED) is 0.743. The van der Waals surface area contributed by atoms with Gasteiger partial charge in [0.25, 0.3) is 0 Å². The number of benzene rings is 2. The van der Waals surface area contributed by atoms with Crippen molar-refractivity contribution in [1.29, 1.82) is 0 Å². The summed E-state index contributed by atoms with van der Waals surface area (Å²) in [7, 11) is 1.66. The Bertz CT molecular complexity index is 842. The van der Waals surface area contributed by atoms with Crippen molar-refractivity contribution in [2.75, 3.05) is 19.0 Å². The first-order valence-corrected chi connectivity index (χ1v) is 10.3. The lowest BCUT2D eigenvalue weighted by Crippen LogP contribution is -2.36. The van der Waals surface area contributed by atoms with Gasteiger partial charge in [0.1, 0.15) is 5.75 Å². The van der Waals surface area contributed by atoms with Gasteiger partial charge in [-0.2, -0.15) is 0 Å². The maximum Gasteiger partial charge on any atom is 0.227 e. The first kappa shape index (κ1) is 20.9. The van der Waals surface area contributed by atoms with Crippen molar-refractivity contribution < 1.29 is 14.3 Å². The highest BCUT2D eigenvalue weighted by molar-refractivity contribution is 5.92. The van der Waals surface area contributed by atoms with E-state index < -0.39 is 0 Å². The Morgan fingerprint density at radius 1 is 0.966 bits per heavy atom. The van der Waals surface area contributed by atoms with E-state index in [1.54, 1.807) is 7.11 Å². The van der Waals surface area contributed by atoms with Gasteiger partial charge in [-0.1, -0.05) is 30.3 Å². The first-order chi connectivity index (χ1) is 14.1. The van der Waals surface area contributed by atoms with Crippen molar-refractivity contribution >= 4 is 17.5 Å². The SMILES string of the molecule is COc1ccccc1CCNC(=O)C1CCC(C(=O)Nc2cccc(C)c2)CC1. The summed E-state index contributed by atoms with van der Waals surface area (Å²) < 4.78 is 5.35. The number of hydrogen-bond donors (Lipinski definition) is 2. The molecule has 5 nitrogen and oxygen atoms in total. The number of nitrogens with one attached hydrogen (secondary N) is 2. The van der Waals surface area contributed by atoms with Crippen LogP contribution in [0.25, 0.3) is 0 Å². The molecule has 0 saturated heterocycles. The lowest BCUT2D eigenvalue weighted by atomic mass is 9.81. The van der Waals surface area contributed by atoms with E-state index in [0.717, 1.165) is 54.7 Å². The highest BCUT2D eigenvalue weighted by atomic mass is 16.5. The molecule has 29 heavy (non-hydrogen) atoms. The van der Waals surface area contributed by atoms with Crippen LogP contribution in [-0.2, 0) is 16.0 Å². The topological polar surface area (TPSA) is 67.4 Å². The van der Waals surface area contributed by atoms with Crippen LogP contribution in [0.4, 0.5) is 5.69 Å². The molecular weight excluding hydrogens is 364 g/mol. The fourth-order valence-corrected chi connectivity index (χ4v) is 3.96. The smallest absolute Gasteiger partial charge is 0.227 e. The number of ether oxygens (including phenoxy) is 1. The van der Waals surface area contributed by atoms with Crippen LogP contribution in [0.5, 0.6) is 5.75 Å². The highest BCUT2D eigenvalue weighted by Gasteiger charge is 2.29. The number of rotatable bonds is 7. The molecule has 0 radical (unpaired) electrons. The van der Waals surface area contributed by atoms with Gasteiger partial charge in [0, 0.05) is 24.1 Å². The number of hydrogen-bond acceptors (Lipinski definition) is 3. The average molecular weight is 395 g/mol. The van der Waals surface area contributed by atoms with Crippen LogP contribution in [0.1, 0.15) is 36.8 Å². The number of aryl methyl sites for hydroxylation is 1. The van der Waals surface area contributed by atoms with Crippen molar-refractivity contribution in [2.24, 2.45) is 11.8 Å². The minimum atomic E-state index is -0.0202. The van der Waals surface area contributed by atoms with Crippen LogP contribution in [-0.4, -0.2) is 25.5 Å². The van der Waals surface area contributed by atoms with Gasteiger partial charge in [-0.3, -0.25) is 9.59 Å². The van der Waals surface area contributed by atoms with Crippen molar-refractivity contribution in [1.82, 2.24) is 5.32 Å². The molecule has 1 aliphatic rings. The minimum Gasteiger partial charge on any atom is -0.496 e. The summed E-state index contributed by atoms with van der Waals surface area (Å²) in [6, 6.07) is 15.7. The summed E-state index contributed by atoms with van der Waals surface area (Å²) in [4.78, 5) is 25.0. The van der Waals surface area contributed by atoms with E-state index in [1.165, 1.54) is 0 Å². The Balaban J connectivity index is 1.41. The molecule has 0 aliphatic heterocycles. The summed E-state index contributed by atoms with van der Waals surface area (Å²) in [5.74, 6) is 0.980. The van der Waals surface area contributed by atoms with Crippen LogP contribution in [0, 0.1) is 18.8 Å². The summed E-state index contributed by atoms with van der Waals surface area (Å²) in [6.45, 7) is 2.60. The second-order valence-corrected chi connectivity index (χ2v) is 7.76. The van der Waals surface area contributed by atoms with Gasteiger partial charge in [-0.05, 0) is 68.4 Å². The summed E-state index contributed by atoms with van der Waals surface area (Å²) >= 11 is 0. The van der Waals surface area contributed by atoms with E-state index in [4.69, 9.17) is 4.74 Å². The summed E-state index contributed by atoms with van der Waals surface area (Å²) in [5.41, 5.74) is 3.05. The first-order valence-electron chi connectivity index (χ1n) is 10.3. The molecule has 0 aromatic heterocycles. The number of carbonyl (C=O) groups is 2. The van der Waals surface area contributed by atoms with Crippen molar-refractivity contribution in [3.05, 3.63) is 59.7 Å². The molecule has 2 aromatic carbocycles. The Morgan fingerprint density at radius 3 is 2.34 bits per heavy atom. The van der Waals surface area contributed by atoms with E-state index in [1.807, 2.05) is 55.5 Å². The number of anilines is 1. The predicted octanol–water partition coefficient (Wildman–Crippen LogP) is 4.11. The second kappa shape index (κ2) is 10.1. The molecule has 0 bridgehead atoms. The molecule has 2 aromatic rings. The molecule has 0 heterocycles. The fourth-order valence-electron chi connectivity index (χ4n) is 3.96. The van der Waals surface area contributed by atoms with Crippen molar-refractivity contribution in [3.63, 3.8) is 0 Å². The lowest BCUT2D eigenvalue weighted by molar-refractivity contribution is -0.128. The van der Waals surface area contributed by atoms with E-state index in [0.29, 0.717) is 6.54 Å². The molecule has 5 heteroatoms. The third-order valence-electron chi connectivity index (χ3n) is 5.64. The third kappa shape index (κ3) is 5.83. The van der Waals surface area contributed by atoms with Crippen LogP contribution >= 0.6 is 0 Å². The van der Waals surface area contributed by atoms with E-state index in [2.05, 4.69) is 10.6 Å². The number of para-hydroxylation sites is 1. The molecular formula is C24H30N2O3. The zero-order valence-electron chi connectivity index (χ0n) is 17.2. The van der Waals surface area contributed by atoms with Crippen molar-refractivity contribution in [2.45, 2.75) is 39.0 Å². The van der Waals surface area contributed by atoms with E-state index in [9.17, 15) is 9.59 Å². The molecule has 154 valence electrons. The van der Waals surface area contributed by atoms with Gasteiger partial charge < -0.3 is 15.4 Å². The van der Waals surface area contributed by atoms with Crippen LogP contribution < -0.4 is 15.4 Å². The van der Waals surface area contributed by atoms with E-state index in [-0.39, 0.29) is 23.7 Å². The molecule has 0 unspecified atom stereocenters. The maximum absolute atomic E-state index is 12.5. The second-order valence-electron chi connectivity index (χ2n) is 7.76. The van der Waals surface area contributed by atoms with Gasteiger partial charge >= 0.3 is 0 Å². The summed E-state index contributed by atoms with van der Waals surface area (Å²) in [5, 5.41) is 6.06. The third-order valence-corrected chi connectivity index (χ3v) is 5.64. The number of carbonyl (C=O) groups excluding carboxylic acids is 2. The van der Waals surface area contributed by atoms with E-state index >= 15 is 0 Å². The largest absolute Gasteiger partial charge is 0.496 e. The lowest BCUT2D eigenvalue weighted by Gasteiger charge is -2.27. The van der Waals surface area contributed by atoms with Crippen LogP contribution in [0.2, 0.25) is 0 Å². The highest BCUT2D eigenvalue weighted by Crippen LogP contribution is 2.30. The number of methoxy groups -OCH3 is 1. The minimum absolute atomic E-state index is 0.00399. The fraction of sp³-hybridized carbons (Fsp3) is 0.417. The van der Waals surface area contributed by atoms with Crippen LogP contribution in [0.3, 0.4) is 0 Å². The standard InChI is InChI=1S/C24H30N2O3/c1-17-6-5-8-21(16-17)26-24(28)20-12-10-19(11-13-20)23(27)25-15-14-18-7-3-4-9-22(18)29-2/h3-9,16,19-20H,10-15H2,1-2H3,(H,25,27)(H,26,28). The molecule has 3 rings (SSSR count). The molecule has 0 atom stereocenters. The molecule has 1 fully saturated rings. The van der Waals surface area contributed by atoms with Gasteiger partial charge in [0.15, 0.2) is 0 Å². The van der Waals surface area contributed by atoms with Gasteiger partial charge in [0.05, 0.1) is 7.11 Å². The Hall–Kier alpha value is -2.82. The Morgan fingerprint density at radius 2 is 1.66 bits per heavy atom. The Kier molecular flexibility index (Phi) is 7.28. The zero-order chi connectivity index (χ0) is 20.6. The van der Waals surface area contributed by atoms with Gasteiger partial charge in [-0.25, -0.2) is 0 Å². The van der Waals surface area contributed by atoms with Crippen LogP contribution in [0.15, 0.2) is 48.5 Å². The maximum atomic E-state index is 12.5. The monoisotopic (exact) mass is 394 g/mol. The zero-order valence-corrected chi connectivity index (χ0v) is 17.2. The predicted molar refractivity (Wildman–Crippen MR) is 115 cm³/mol. The van der Waals surface area contributed by atoms with Crippen molar-refractivity contribution in [3.8, 4) is 5.75 Å². The normalized spacial score (nSPS) is 18.7.